The molecule has 0 saturated heterocycles. The second-order valence-corrected chi connectivity index (χ2v) is 7.08. The molecule has 0 aromatic heterocycles. The van der Waals surface area contributed by atoms with Crippen LogP contribution in [0, 0.1) is 0 Å². The van der Waals surface area contributed by atoms with Gasteiger partial charge in [0.05, 0.1) is 19.1 Å². The van der Waals surface area contributed by atoms with E-state index >= 15 is 0 Å². The molecule has 0 spiro atoms. The van der Waals surface area contributed by atoms with Gasteiger partial charge in [-0.2, -0.15) is 0 Å². The third-order valence-corrected chi connectivity index (χ3v) is 4.78. The van der Waals surface area contributed by atoms with Gasteiger partial charge in [0, 0.05) is 19.7 Å². The van der Waals surface area contributed by atoms with E-state index in [1.807, 2.05) is 24.3 Å². The Morgan fingerprint density at radius 3 is 1.93 bits per heavy atom. The number of rotatable bonds is 6. The van der Waals surface area contributed by atoms with Crippen LogP contribution in [0.15, 0.2) is 60.7 Å². The van der Waals surface area contributed by atoms with Crippen LogP contribution in [0.2, 0.25) is 0 Å². The van der Waals surface area contributed by atoms with E-state index in [-0.39, 0.29) is 18.1 Å². The molecule has 0 atom stereocenters. The maximum Gasteiger partial charge on any atom is 0.307 e. The SMILES string of the molecule is COc1c(-c2ccc(CC(=O)O)cc2)ccc(-c2ccc(O)cc2)c1C(=O)N(C)C. The summed E-state index contributed by atoms with van der Waals surface area (Å²) >= 11 is 0. The Balaban J connectivity index is 2.18. The molecule has 0 aliphatic rings. The van der Waals surface area contributed by atoms with Crippen LogP contribution in [0.1, 0.15) is 15.9 Å². The highest BCUT2D eigenvalue weighted by Gasteiger charge is 2.23. The zero-order valence-electron chi connectivity index (χ0n) is 17.0. The van der Waals surface area contributed by atoms with Gasteiger partial charge in [-0.05, 0) is 40.5 Å². The number of carbonyl (C=O) groups excluding carboxylic acids is 1. The third kappa shape index (κ3) is 4.27. The highest BCUT2D eigenvalue weighted by molar-refractivity contribution is 6.05. The van der Waals surface area contributed by atoms with Crippen molar-refractivity contribution in [1.82, 2.24) is 4.90 Å². The predicted molar refractivity (Wildman–Crippen MR) is 115 cm³/mol. The minimum Gasteiger partial charge on any atom is -0.508 e. The molecule has 1 amide bonds. The molecule has 3 aromatic rings. The van der Waals surface area contributed by atoms with Crippen molar-refractivity contribution in [1.29, 1.82) is 0 Å². The lowest BCUT2D eigenvalue weighted by atomic mass is 9.92. The fourth-order valence-electron chi connectivity index (χ4n) is 3.32. The first-order chi connectivity index (χ1) is 14.3. The number of carbonyl (C=O) groups is 2. The number of amides is 1. The molecule has 0 bridgehead atoms. The molecule has 0 fully saturated rings. The molecular formula is C24H23NO5. The average Bonchev–Trinajstić information content (AvgIpc) is 2.73. The monoisotopic (exact) mass is 405 g/mol. The Morgan fingerprint density at radius 1 is 0.867 bits per heavy atom. The molecule has 0 aliphatic heterocycles. The number of hydrogen-bond donors (Lipinski definition) is 2. The smallest absolute Gasteiger partial charge is 0.307 e. The normalized spacial score (nSPS) is 10.5. The van der Waals surface area contributed by atoms with Crippen molar-refractivity contribution in [2.45, 2.75) is 6.42 Å². The molecule has 30 heavy (non-hydrogen) atoms. The Morgan fingerprint density at radius 2 is 1.40 bits per heavy atom. The lowest BCUT2D eigenvalue weighted by Gasteiger charge is -2.20. The predicted octanol–water partition coefficient (Wildman–Crippen LogP) is 4.06. The number of aliphatic carboxylic acids is 1. The summed E-state index contributed by atoms with van der Waals surface area (Å²) < 4.78 is 5.69. The Kier molecular flexibility index (Phi) is 6.06. The van der Waals surface area contributed by atoms with Gasteiger partial charge in [0.2, 0.25) is 0 Å². The van der Waals surface area contributed by atoms with Crippen LogP contribution in [0.5, 0.6) is 11.5 Å². The lowest BCUT2D eigenvalue weighted by Crippen LogP contribution is -2.23. The summed E-state index contributed by atoms with van der Waals surface area (Å²) in [5, 5.41) is 18.6. The molecule has 0 aliphatic carbocycles. The standard InChI is InChI=1S/C24H23NO5/c1-25(2)24(29)22-19(16-8-10-18(26)11-9-16)12-13-20(23(22)30-3)17-6-4-15(5-7-17)14-21(27)28/h4-13,26H,14H2,1-3H3,(H,27,28). The molecule has 0 saturated carbocycles. The largest absolute Gasteiger partial charge is 0.508 e. The van der Waals surface area contributed by atoms with E-state index in [1.165, 1.54) is 12.0 Å². The van der Waals surface area contributed by atoms with Crippen LogP contribution in [-0.4, -0.2) is 48.2 Å². The van der Waals surface area contributed by atoms with E-state index in [9.17, 15) is 14.7 Å². The maximum absolute atomic E-state index is 13.1. The molecule has 0 radical (unpaired) electrons. The zero-order valence-corrected chi connectivity index (χ0v) is 17.0. The lowest BCUT2D eigenvalue weighted by molar-refractivity contribution is -0.136. The average molecular weight is 405 g/mol. The Labute approximate surface area is 175 Å². The fourth-order valence-corrected chi connectivity index (χ4v) is 3.32. The minimum absolute atomic E-state index is 0.0540. The summed E-state index contributed by atoms with van der Waals surface area (Å²) in [5.74, 6) is -0.522. The van der Waals surface area contributed by atoms with Crippen molar-refractivity contribution in [3.63, 3.8) is 0 Å². The van der Waals surface area contributed by atoms with Gasteiger partial charge >= 0.3 is 5.97 Å². The number of methoxy groups -OCH3 is 1. The molecule has 3 aromatic carbocycles. The van der Waals surface area contributed by atoms with Gasteiger partial charge in [-0.15, -0.1) is 0 Å². The second kappa shape index (κ2) is 8.69. The summed E-state index contributed by atoms with van der Waals surface area (Å²) in [4.78, 5) is 25.5. The number of nitrogens with zero attached hydrogens (tertiary/aromatic N) is 1. The highest BCUT2D eigenvalue weighted by Crippen LogP contribution is 2.40. The molecule has 3 rings (SSSR count). The van der Waals surface area contributed by atoms with E-state index in [2.05, 4.69) is 0 Å². The number of hydrogen-bond acceptors (Lipinski definition) is 4. The van der Waals surface area contributed by atoms with Crippen molar-refractivity contribution in [3.8, 4) is 33.8 Å². The van der Waals surface area contributed by atoms with Crippen molar-refractivity contribution >= 4 is 11.9 Å². The van der Waals surface area contributed by atoms with Gasteiger partial charge < -0.3 is 19.8 Å². The Hall–Kier alpha value is -3.80. The van der Waals surface area contributed by atoms with Gasteiger partial charge in [0.1, 0.15) is 11.5 Å². The van der Waals surface area contributed by atoms with Gasteiger partial charge in [-0.25, -0.2) is 0 Å². The Bertz CT molecular complexity index is 1070. The van der Waals surface area contributed by atoms with Crippen LogP contribution >= 0.6 is 0 Å². The van der Waals surface area contributed by atoms with Crippen molar-refractivity contribution in [2.75, 3.05) is 21.2 Å². The van der Waals surface area contributed by atoms with E-state index in [0.29, 0.717) is 22.4 Å². The molecule has 154 valence electrons. The van der Waals surface area contributed by atoms with Crippen molar-refractivity contribution < 1.29 is 24.5 Å². The van der Waals surface area contributed by atoms with E-state index < -0.39 is 5.97 Å². The fraction of sp³-hybridized carbons (Fsp3) is 0.167. The summed E-state index contributed by atoms with van der Waals surface area (Å²) in [6, 6.07) is 17.5. The van der Waals surface area contributed by atoms with Gasteiger partial charge in [0.15, 0.2) is 0 Å². The minimum atomic E-state index is -0.891. The van der Waals surface area contributed by atoms with Crippen LogP contribution in [0.25, 0.3) is 22.3 Å². The number of carboxylic acids is 1. The molecular weight excluding hydrogens is 382 g/mol. The maximum atomic E-state index is 13.1. The van der Waals surface area contributed by atoms with Gasteiger partial charge in [-0.3, -0.25) is 9.59 Å². The third-order valence-electron chi connectivity index (χ3n) is 4.78. The summed E-state index contributed by atoms with van der Waals surface area (Å²) in [7, 11) is 4.87. The summed E-state index contributed by atoms with van der Waals surface area (Å²) in [5.41, 5.74) is 4.12. The first kappa shape index (κ1) is 20.9. The summed E-state index contributed by atoms with van der Waals surface area (Å²) in [6.45, 7) is 0. The first-order valence-electron chi connectivity index (χ1n) is 9.35. The van der Waals surface area contributed by atoms with Crippen LogP contribution in [0.3, 0.4) is 0 Å². The van der Waals surface area contributed by atoms with Gasteiger partial charge in [-0.1, -0.05) is 42.5 Å². The molecule has 6 heteroatoms. The first-order valence-corrected chi connectivity index (χ1v) is 9.35. The van der Waals surface area contributed by atoms with Crippen LogP contribution in [-0.2, 0) is 11.2 Å². The molecule has 0 heterocycles. The highest BCUT2D eigenvalue weighted by atomic mass is 16.5. The number of benzene rings is 3. The number of phenolic OH excluding ortho intramolecular Hbond substituents is 1. The van der Waals surface area contributed by atoms with E-state index in [4.69, 9.17) is 9.84 Å². The van der Waals surface area contributed by atoms with Gasteiger partial charge in [0.25, 0.3) is 5.91 Å². The van der Waals surface area contributed by atoms with Crippen LogP contribution in [0.4, 0.5) is 0 Å². The quantitative estimate of drug-likeness (QED) is 0.646. The van der Waals surface area contributed by atoms with E-state index in [1.54, 1.807) is 50.5 Å². The molecule has 2 N–H and O–H groups in total. The second-order valence-electron chi connectivity index (χ2n) is 7.08. The molecule has 6 nitrogen and oxygen atoms in total. The number of aromatic hydroxyl groups is 1. The summed E-state index contributed by atoms with van der Waals surface area (Å²) in [6.07, 6.45) is -0.0540. The van der Waals surface area contributed by atoms with Crippen molar-refractivity contribution in [2.24, 2.45) is 0 Å². The number of carboxylic acid groups (broad SMARTS) is 1. The zero-order chi connectivity index (χ0) is 21.8. The number of ether oxygens (including phenoxy) is 1. The van der Waals surface area contributed by atoms with Crippen molar-refractivity contribution in [3.05, 3.63) is 71.8 Å². The topological polar surface area (TPSA) is 87.1 Å². The molecule has 0 unspecified atom stereocenters. The van der Waals surface area contributed by atoms with Crippen LogP contribution < -0.4 is 4.74 Å². The number of phenols is 1. The van der Waals surface area contributed by atoms with E-state index in [0.717, 1.165) is 16.7 Å².